The van der Waals surface area contributed by atoms with Crippen molar-refractivity contribution in [1.29, 1.82) is 0 Å². The number of hydrogen-bond acceptors (Lipinski definition) is 4. The van der Waals surface area contributed by atoms with Crippen LogP contribution in [0.4, 0.5) is 5.13 Å². The quantitative estimate of drug-likeness (QED) is 0.782. The number of thiazole rings is 1. The summed E-state index contributed by atoms with van der Waals surface area (Å²) in [7, 11) is 0. The zero-order chi connectivity index (χ0) is 15.5. The highest BCUT2D eigenvalue weighted by Gasteiger charge is 2.18. The van der Waals surface area contributed by atoms with Gasteiger partial charge in [0.2, 0.25) is 5.91 Å². The van der Waals surface area contributed by atoms with Crippen LogP contribution in [0, 0.1) is 0 Å². The molecule has 3 aromatic rings. The van der Waals surface area contributed by atoms with Gasteiger partial charge in [-0.05, 0) is 25.5 Å². The minimum atomic E-state index is -0.342. The van der Waals surface area contributed by atoms with Gasteiger partial charge in [0.25, 0.3) is 0 Å². The first-order valence-electron chi connectivity index (χ1n) is 7.36. The Kier molecular flexibility index (Phi) is 4.20. The van der Waals surface area contributed by atoms with Gasteiger partial charge in [0.05, 0.1) is 17.4 Å². The molecule has 0 aliphatic rings. The Labute approximate surface area is 133 Å². The molecule has 0 saturated heterocycles. The molecule has 0 bridgehead atoms. The summed E-state index contributed by atoms with van der Waals surface area (Å²) in [5, 5.41) is 3.55. The van der Waals surface area contributed by atoms with Crippen molar-refractivity contribution in [3.8, 4) is 0 Å². The predicted molar refractivity (Wildman–Crippen MR) is 89.2 cm³/mol. The molecule has 0 spiro atoms. The third kappa shape index (κ3) is 2.87. The Morgan fingerprint density at radius 1 is 1.36 bits per heavy atom. The zero-order valence-corrected chi connectivity index (χ0v) is 13.4. The first-order chi connectivity index (χ1) is 10.7. The van der Waals surface area contributed by atoms with Crippen molar-refractivity contribution in [1.82, 2.24) is 14.5 Å². The molecule has 114 valence electrons. The molecule has 0 saturated carbocycles. The number of benzene rings is 1. The van der Waals surface area contributed by atoms with E-state index in [0.717, 1.165) is 23.9 Å². The standard InChI is InChI=1S/C16H18N4OS/c1-3-6-12-9-17-16(22-12)19-15(21)11(2)20-10-18-13-7-4-5-8-14(13)20/h4-5,7-11H,3,6H2,1-2H3,(H,17,19,21). The highest BCUT2D eigenvalue weighted by molar-refractivity contribution is 7.15. The fraction of sp³-hybridized carbons (Fsp3) is 0.312. The van der Waals surface area contributed by atoms with Crippen LogP contribution in [-0.2, 0) is 11.2 Å². The van der Waals surface area contributed by atoms with E-state index in [1.165, 1.54) is 16.2 Å². The molecule has 1 unspecified atom stereocenters. The van der Waals surface area contributed by atoms with Crippen LogP contribution >= 0.6 is 11.3 Å². The molecule has 3 rings (SSSR count). The van der Waals surface area contributed by atoms with Crippen LogP contribution < -0.4 is 5.32 Å². The number of rotatable bonds is 5. The Morgan fingerprint density at radius 3 is 3.00 bits per heavy atom. The maximum Gasteiger partial charge on any atom is 0.248 e. The molecule has 2 aromatic heterocycles. The van der Waals surface area contributed by atoms with Crippen LogP contribution in [0.1, 0.15) is 31.2 Å². The monoisotopic (exact) mass is 314 g/mol. The van der Waals surface area contributed by atoms with E-state index in [-0.39, 0.29) is 11.9 Å². The summed E-state index contributed by atoms with van der Waals surface area (Å²) in [6, 6.07) is 7.45. The lowest BCUT2D eigenvalue weighted by Crippen LogP contribution is -2.23. The number of imidazole rings is 1. The Morgan fingerprint density at radius 2 is 2.18 bits per heavy atom. The van der Waals surface area contributed by atoms with Gasteiger partial charge < -0.3 is 9.88 Å². The highest BCUT2D eigenvalue weighted by Crippen LogP contribution is 2.22. The molecule has 0 radical (unpaired) electrons. The van der Waals surface area contributed by atoms with Gasteiger partial charge in [0.15, 0.2) is 5.13 Å². The number of aromatic nitrogens is 3. The zero-order valence-electron chi connectivity index (χ0n) is 12.6. The normalized spacial score (nSPS) is 12.5. The average Bonchev–Trinajstić information content (AvgIpc) is 3.13. The van der Waals surface area contributed by atoms with Gasteiger partial charge in [-0.3, -0.25) is 4.79 Å². The predicted octanol–water partition coefficient (Wildman–Crippen LogP) is 3.65. The van der Waals surface area contributed by atoms with Gasteiger partial charge in [-0.2, -0.15) is 0 Å². The van der Waals surface area contributed by atoms with Crippen LogP contribution in [0.3, 0.4) is 0 Å². The van der Waals surface area contributed by atoms with E-state index in [4.69, 9.17) is 0 Å². The summed E-state index contributed by atoms with van der Waals surface area (Å²) >= 11 is 1.54. The third-order valence-electron chi connectivity index (χ3n) is 3.56. The number of aryl methyl sites for hydroxylation is 1. The number of anilines is 1. The lowest BCUT2D eigenvalue weighted by atomic mass is 10.2. The van der Waals surface area contributed by atoms with Gasteiger partial charge in [0, 0.05) is 11.1 Å². The molecular weight excluding hydrogens is 296 g/mol. The summed E-state index contributed by atoms with van der Waals surface area (Å²) in [4.78, 5) is 22.2. The first-order valence-corrected chi connectivity index (χ1v) is 8.18. The van der Waals surface area contributed by atoms with Crippen molar-refractivity contribution in [2.45, 2.75) is 32.7 Å². The van der Waals surface area contributed by atoms with E-state index >= 15 is 0 Å². The van der Waals surface area contributed by atoms with E-state index < -0.39 is 0 Å². The number of amides is 1. The van der Waals surface area contributed by atoms with Crippen LogP contribution in [0.25, 0.3) is 11.0 Å². The summed E-state index contributed by atoms with van der Waals surface area (Å²) < 4.78 is 1.88. The maximum absolute atomic E-state index is 12.4. The average molecular weight is 314 g/mol. The largest absolute Gasteiger partial charge is 0.318 e. The third-order valence-corrected chi connectivity index (χ3v) is 4.53. The molecule has 5 nitrogen and oxygen atoms in total. The lowest BCUT2D eigenvalue weighted by molar-refractivity contribution is -0.118. The van der Waals surface area contributed by atoms with E-state index in [1.807, 2.05) is 42.0 Å². The van der Waals surface area contributed by atoms with E-state index in [2.05, 4.69) is 22.2 Å². The fourth-order valence-electron chi connectivity index (χ4n) is 2.35. The summed E-state index contributed by atoms with van der Waals surface area (Å²) in [5.74, 6) is -0.0828. The highest BCUT2D eigenvalue weighted by atomic mass is 32.1. The lowest BCUT2D eigenvalue weighted by Gasteiger charge is -2.13. The second-order valence-corrected chi connectivity index (χ2v) is 6.30. The van der Waals surface area contributed by atoms with Crippen molar-refractivity contribution in [3.05, 3.63) is 41.7 Å². The SMILES string of the molecule is CCCc1cnc(NC(=O)C(C)n2cnc3ccccc32)s1. The van der Waals surface area contributed by atoms with Gasteiger partial charge in [-0.25, -0.2) is 9.97 Å². The minimum Gasteiger partial charge on any atom is -0.318 e. The molecule has 1 N–H and O–H groups in total. The second kappa shape index (κ2) is 6.27. The number of carbonyl (C=O) groups excluding carboxylic acids is 1. The molecule has 22 heavy (non-hydrogen) atoms. The number of hydrogen-bond donors (Lipinski definition) is 1. The summed E-state index contributed by atoms with van der Waals surface area (Å²) in [6.07, 6.45) is 5.61. The van der Waals surface area contributed by atoms with Crippen molar-refractivity contribution in [3.63, 3.8) is 0 Å². The van der Waals surface area contributed by atoms with E-state index in [1.54, 1.807) is 6.33 Å². The van der Waals surface area contributed by atoms with Crippen molar-refractivity contribution >= 4 is 33.4 Å². The Balaban J connectivity index is 1.76. The summed E-state index contributed by atoms with van der Waals surface area (Å²) in [5.41, 5.74) is 1.84. The smallest absolute Gasteiger partial charge is 0.248 e. The molecule has 1 aromatic carbocycles. The van der Waals surface area contributed by atoms with Gasteiger partial charge in [0.1, 0.15) is 6.04 Å². The topological polar surface area (TPSA) is 59.8 Å². The number of para-hydroxylation sites is 2. The number of nitrogens with one attached hydrogen (secondary N) is 1. The minimum absolute atomic E-state index is 0.0828. The van der Waals surface area contributed by atoms with Gasteiger partial charge >= 0.3 is 0 Å². The van der Waals surface area contributed by atoms with Crippen LogP contribution in [0.5, 0.6) is 0 Å². The van der Waals surface area contributed by atoms with Crippen LogP contribution in [-0.4, -0.2) is 20.4 Å². The molecule has 2 heterocycles. The number of carbonyl (C=O) groups is 1. The van der Waals surface area contributed by atoms with Crippen LogP contribution in [0.2, 0.25) is 0 Å². The van der Waals surface area contributed by atoms with E-state index in [9.17, 15) is 4.79 Å². The molecule has 0 aliphatic heterocycles. The van der Waals surface area contributed by atoms with Crippen molar-refractivity contribution in [2.24, 2.45) is 0 Å². The molecule has 0 aliphatic carbocycles. The number of fused-ring (bicyclic) bond motifs is 1. The Hall–Kier alpha value is -2.21. The second-order valence-electron chi connectivity index (χ2n) is 5.19. The van der Waals surface area contributed by atoms with Crippen molar-refractivity contribution < 1.29 is 4.79 Å². The van der Waals surface area contributed by atoms with Crippen LogP contribution in [0.15, 0.2) is 36.8 Å². The van der Waals surface area contributed by atoms with Crippen molar-refractivity contribution in [2.75, 3.05) is 5.32 Å². The maximum atomic E-state index is 12.4. The molecule has 1 atom stereocenters. The van der Waals surface area contributed by atoms with Gasteiger partial charge in [-0.15, -0.1) is 11.3 Å². The van der Waals surface area contributed by atoms with Gasteiger partial charge in [-0.1, -0.05) is 25.5 Å². The van der Waals surface area contributed by atoms with E-state index in [0.29, 0.717) is 5.13 Å². The molecule has 6 heteroatoms. The fourth-order valence-corrected chi connectivity index (χ4v) is 3.27. The first kappa shape index (κ1) is 14.7. The molecular formula is C16H18N4OS. The summed E-state index contributed by atoms with van der Waals surface area (Å²) in [6.45, 7) is 3.99. The Bertz CT molecular complexity index is 792. The molecule has 0 fully saturated rings. The molecule has 1 amide bonds. The number of nitrogens with zero attached hydrogens (tertiary/aromatic N) is 3.